The van der Waals surface area contributed by atoms with Crippen molar-refractivity contribution in [1.29, 1.82) is 0 Å². The second-order valence-corrected chi connectivity index (χ2v) is 8.29. The first kappa shape index (κ1) is 22.0. The standard InChI is InChI=1S/C23H20ClN3O4S/c1-3-30-18-10-7-15(12-19(18)31-4-2)13-20-22(29)27-23(32-20)25-21(28)17(26-27)11-14-5-8-16(24)9-6-14/h5-10,12-13H,3-4,11H2,1-2H3. The minimum atomic E-state index is -0.451. The molecule has 0 spiro atoms. The Morgan fingerprint density at radius 1 is 1.03 bits per heavy atom. The molecule has 4 rings (SSSR count). The first-order valence-corrected chi connectivity index (χ1v) is 11.3. The van der Waals surface area contributed by atoms with Gasteiger partial charge < -0.3 is 9.47 Å². The molecule has 0 aliphatic carbocycles. The van der Waals surface area contributed by atoms with Crippen molar-refractivity contribution in [2.45, 2.75) is 20.3 Å². The quantitative estimate of drug-likeness (QED) is 0.413. The van der Waals surface area contributed by atoms with Crippen LogP contribution in [-0.4, -0.2) is 27.8 Å². The van der Waals surface area contributed by atoms with Crippen molar-refractivity contribution >= 4 is 34.0 Å². The fourth-order valence-electron chi connectivity index (χ4n) is 3.16. The Morgan fingerprint density at radius 2 is 1.75 bits per heavy atom. The van der Waals surface area contributed by atoms with Gasteiger partial charge in [-0.15, -0.1) is 0 Å². The number of thiazole rings is 1. The van der Waals surface area contributed by atoms with Crippen molar-refractivity contribution < 1.29 is 9.47 Å². The number of nitrogens with zero attached hydrogens (tertiary/aromatic N) is 3. The third-order valence-corrected chi connectivity index (χ3v) is 5.81. The number of hydrogen-bond acceptors (Lipinski definition) is 7. The zero-order valence-electron chi connectivity index (χ0n) is 17.5. The summed E-state index contributed by atoms with van der Waals surface area (Å²) in [4.78, 5) is 29.7. The fourth-order valence-corrected chi connectivity index (χ4v) is 4.19. The van der Waals surface area contributed by atoms with Gasteiger partial charge in [-0.1, -0.05) is 41.1 Å². The summed E-state index contributed by atoms with van der Waals surface area (Å²) in [6.07, 6.45) is 1.99. The van der Waals surface area contributed by atoms with Crippen LogP contribution < -0.4 is 25.1 Å². The second-order valence-electron chi connectivity index (χ2n) is 6.85. The molecule has 32 heavy (non-hydrogen) atoms. The number of benzene rings is 2. The van der Waals surface area contributed by atoms with Crippen LogP contribution in [0, 0.1) is 0 Å². The Kier molecular flexibility index (Phi) is 6.53. The van der Waals surface area contributed by atoms with Gasteiger partial charge in [-0.2, -0.15) is 14.6 Å². The lowest BCUT2D eigenvalue weighted by Crippen LogP contribution is -2.28. The molecule has 0 aliphatic heterocycles. The van der Waals surface area contributed by atoms with Gasteiger partial charge in [0.05, 0.1) is 17.7 Å². The molecule has 164 valence electrons. The normalized spacial score (nSPS) is 11.8. The molecule has 0 saturated heterocycles. The SMILES string of the molecule is CCOc1ccc(C=c2sc3nc(=O)c(Cc4ccc(Cl)cc4)nn3c2=O)cc1OCC. The molecule has 0 saturated carbocycles. The summed E-state index contributed by atoms with van der Waals surface area (Å²) in [5.41, 5.74) is 1.04. The number of halogens is 1. The third-order valence-electron chi connectivity index (χ3n) is 4.60. The molecule has 7 nitrogen and oxygen atoms in total. The number of hydrogen-bond donors (Lipinski definition) is 0. The highest BCUT2D eigenvalue weighted by Crippen LogP contribution is 2.28. The van der Waals surface area contributed by atoms with Crippen LogP contribution in [0.15, 0.2) is 52.1 Å². The summed E-state index contributed by atoms with van der Waals surface area (Å²) < 4.78 is 12.8. The molecular formula is C23H20ClN3O4S. The highest BCUT2D eigenvalue weighted by atomic mass is 35.5. The van der Waals surface area contributed by atoms with Crippen LogP contribution in [0.4, 0.5) is 0 Å². The Labute approximate surface area is 192 Å². The Balaban J connectivity index is 1.74. The monoisotopic (exact) mass is 469 g/mol. The van der Waals surface area contributed by atoms with Crippen LogP contribution in [-0.2, 0) is 6.42 Å². The number of rotatable bonds is 7. The van der Waals surface area contributed by atoms with Gasteiger partial charge in [-0.25, -0.2) is 0 Å². The van der Waals surface area contributed by atoms with E-state index in [1.54, 1.807) is 18.2 Å². The number of fused-ring (bicyclic) bond motifs is 1. The summed E-state index contributed by atoms with van der Waals surface area (Å²) in [5, 5.41) is 4.89. The lowest BCUT2D eigenvalue weighted by Gasteiger charge is -2.11. The molecule has 0 bridgehead atoms. The molecule has 0 fully saturated rings. The molecule has 2 aromatic carbocycles. The van der Waals surface area contributed by atoms with E-state index in [0.717, 1.165) is 22.5 Å². The Bertz CT molecular complexity index is 1430. The predicted octanol–water partition coefficient (Wildman–Crippen LogP) is 3.10. The topological polar surface area (TPSA) is 82.8 Å². The van der Waals surface area contributed by atoms with Gasteiger partial charge in [0, 0.05) is 11.4 Å². The molecule has 0 radical (unpaired) electrons. The maximum atomic E-state index is 12.9. The molecule has 2 aromatic heterocycles. The maximum Gasteiger partial charge on any atom is 0.296 e. The molecule has 0 amide bonds. The fraction of sp³-hybridized carbons (Fsp3) is 0.217. The van der Waals surface area contributed by atoms with Gasteiger partial charge >= 0.3 is 0 Å². The Hall–Kier alpha value is -3.23. The second kappa shape index (κ2) is 9.50. The third kappa shape index (κ3) is 4.66. The number of aromatic nitrogens is 3. The zero-order chi connectivity index (χ0) is 22.7. The lowest BCUT2D eigenvalue weighted by molar-refractivity contribution is 0.287. The zero-order valence-corrected chi connectivity index (χ0v) is 19.1. The average molecular weight is 470 g/mol. The minimum absolute atomic E-state index is 0.200. The molecule has 9 heteroatoms. The van der Waals surface area contributed by atoms with Crippen LogP contribution >= 0.6 is 22.9 Å². The molecule has 2 heterocycles. The highest BCUT2D eigenvalue weighted by molar-refractivity contribution is 7.15. The summed E-state index contributed by atoms with van der Waals surface area (Å²) in [5.74, 6) is 1.25. The van der Waals surface area contributed by atoms with E-state index in [0.29, 0.717) is 34.3 Å². The average Bonchev–Trinajstić information content (AvgIpc) is 3.06. The van der Waals surface area contributed by atoms with Crippen molar-refractivity contribution in [2.75, 3.05) is 13.2 Å². The van der Waals surface area contributed by atoms with E-state index in [2.05, 4.69) is 10.1 Å². The van der Waals surface area contributed by atoms with Crippen molar-refractivity contribution in [2.24, 2.45) is 0 Å². The highest BCUT2D eigenvalue weighted by Gasteiger charge is 2.12. The van der Waals surface area contributed by atoms with Crippen molar-refractivity contribution in [3.05, 3.63) is 89.5 Å². The van der Waals surface area contributed by atoms with Crippen molar-refractivity contribution in [1.82, 2.24) is 14.6 Å². The van der Waals surface area contributed by atoms with Crippen LogP contribution in [0.25, 0.3) is 11.0 Å². The summed E-state index contributed by atoms with van der Waals surface area (Å²) in [7, 11) is 0. The lowest BCUT2D eigenvalue weighted by atomic mass is 10.1. The van der Waals surface area contributed by atoms with E-state index >= 15 is 0 Å². The van der Waals surface area contributed by atoms with Gasteiger partial charge in [-0.3, -0.25) is 9.59 Å². The van der Waals surface area contributed by atoms with Crippen LogP contribution in [0.2, 0.25) is 5.02 Å². The van der Waals surface area contributed by atoms with Gasteiger partial charge in [-0.05, 0) is 55.3 Å². The minimum Gasteiger partial charge on any atom is -0.490 e. The molecular weight excluding hydrogens is 450 g/mol. The van der Waals surface area contributed by atoms with E-state index in [-0.39, 0.29) is 22.6 Å². The first-order chi connectivity index (χ1) is 15.5. The smallest absolute Gasteiger partial charge is 0.296 e. The summed E-state index contributed by atoms with van der Waals surface area (Å²) >= 11 is 7.03. The molecule has 0 aliphatic rings. The van der Waals surface area contributed by atoms with Crippen LogP contribution in [0.3, 0.4) is 0 Å². The summed E-state index contributed by atoms with van der Waals surface area (Å²) in [6, 6.07) is 12.6. The molecule has 0 unspecified atom stereocenters. The first-order valence-electron chi connectivity index (χ1n) is 10.1. The van der Waals surface area contributed by atoms with Crippen molar-refractivity contribution in [3.63, 3.8) is 0 Å². The summed E-state index contributed by atoms with van der Waals surface area (Å²) in [6.45, 7) is 4.81. The van der Waals surface area contributed by atoms with Gasteiger partial charge in [0.2, 0.25) is 4.96 Å². The molecule has 4 aromatic rings. The van der Waals surface area contributed by atoms with Gasteiger partial charge in [0.25, 0.3) is 11.1 Å². The maximum absolute atomic E-state index is 12.9. The van der Waals surface area contributed by atoms with Crippen LogP contribution in [0.5, 0.6) is 11.5 Å². The van der Waals surface area contributed by atoms with Crippen LogP contribution in [0.1, 0.15) is 30.7 Å². The van der Waals surface area contributed by atoms with Gasteiger partial charge in [0.15, 0.2) is 11.5 Å². The van der Waals surface area contributed by atoms with E-state index < -0.39 is 5.56 Å². The van der Waals surface area contributed by atoms with Gasteiger partial charge in [0.1, 0.15) is 5.69 Å². The molecule has 0 N–H and O–H groups in total. The predicted molar refractivity (Wildman–Crippen MR) is 125 cm³/mol. The van der Waals surface area contributed by atoms with E-state index in [4.69, 9.17) is 21.1 Å². The van der Waals surface area contributed by atoms with E-state index in [9.17, 15) is 9.59 Å². The Morgan fingerprint density at radius 3 is 2.47 bits per heavy atom. The van der Waals surface area contributed by atoms with E-state index in [1.165, 1.54) is 4.52 Å². The van der Waals surface area contributed by atoms with Crippen molar-refractivity contribution in [3.8, 4) is 11.5 Å². The van der Waals surface area contributed by atoms with E-state index in [1.807, 2.05) is 44.2 Å². The number of ether oxygens (including phenoxy) is 2. The molecule has 0 atom stereocenters. The largest absolute Gasteiger partial charge is 0.490 e.